The first-order valence-electron chi connectivity index (χ1n) is 7.81. The van der Waals surface area contributed by atoms with Crippen LogP contribution in [-0.2, 0) is 0 Å². The Balaban J connectivity index is 2.15. The molecule has 1 aromatic carbocycles. The van der Waals surface area contributed by atoms with Crippen LogP contribution in [0.1, 0.15) is 30.9 Å². The van der Waals surface area contributed by atoms with Crippen LogP contribution in [0.25, 0.3) is 22.4 Å². The molecule has 0 amide bonds. The number of aromatic nitrogens is 2. The summed E-state index contributed by atoms with van der Waals surface area (Å²) in [5.41, 5.74) is 11.0. The molecule has 0 fully saturated rings. The monoisotopic (exact) mass is 314 g/mol. The third kappa shape index (κ3) is 2.97. The summed E-state index contributed by atoms with van der Waals surface area (Å²) < 4.78 is 0. The first-order valence-corrected chi connectivity index (χ1v) is 7.81. The minimum Gasteiger partial charge on any atom is -0.383 e. The lowest BCUT2D eigenvalue weighted by atomic mass is 9.95. The molecule has 0 spiro atoms. The molecule has 3 aromatic rings. The lowest BCUT2D eigenvalue weighted by molar-refractivity contribution is 0.867. The van der Waals surface area contributed by atoms with E-state index in [0.29, 0.717) is 17.2 Å². The SMILES string of the molecule is CC(C)c1ccc(-c2cc(-c3cccnc3)nc(N)c2C#N)cc1. The summed E-state index contributed by atoms with van der Waals surface area (Å²) in [6.07, 6.45) is 3.45. The molecular formula is C20H18N4. The maximum absolute atomic E-state index is 9.48. The molecule has 0 aliphatic heterocycles. The third-order valence-corrected chi connectivity index (χ3v) is 4.00. The average molecular weight is 314 g/mol. The Labute approximate surface area is 141 Å². The Morgan fingerprint density at radius 1 is 1.08 bits per heavy atom. The zero-order chi connectivity index (χ0) is 17.1. The molecule has 0 atom stereocenters. The highest BCUT2D eigenvalue weighted by Gasteiger charge is 2.13. The van der Waals surface area contributed by atoms with Crippen LogP contribution in [-0.4, -0.2) is 9.97 Å². The van der Waals surface area contributed by atoms with E-state index in [2.05, 4.69) is 42.0 Å². The van der Waals surface area contributed by atoms with E-state index in [1.54, 1.807) is 12.4 Å². The highest BCUT2D eigenvalue weighted by molar-refractivity contribution is 5.80. The normalized spacial score (nSPS) is 10.6. The fraction of sp³-hybridized carbons (Fsp3) is 0.150. The highest BCUT2D eigenvalue weighted by atomic mass is 14.8. The van der Waals surface area contributed by atoms with Crippen LogP contribution in [0.15, 0.2) is 54.9 Å². The summed E-state index contributed by atoms with van der Waals surface area (Å²) in [7, 11) is 0. The fourth-order valence-corrected chi connectivity index (χ4v) is 2.62. The third-order valence-electron chi connectivity index (χ3n) is 4.00. The van der Waals surface area contributed by atoms with Gasteiger partial charge in [-0.05, 0) is 35.2 Å². The molecule has 4 nitrogen and oxygen atoms in total. The number of anilines is 1. The lowest BCUT2D eigenvalue weighted by Gasteiger charge is -2.11. The van der Waals surface area contributed by atoms with E-state index in [4.69, 9.17) is 5.73 Å². The Hall–Kier alpha value is -3.19. The summed E-state index contributed by atoms with van der Waals surface area (Å²) in [6.45, 7) is 4.31. The first-order chi connectivity index (χ1) is 11.6. The quantitative estimate of drug-likeness (QED) is 0.778. The molecule has 24 heavy (non-hydrogen) atoms. The van der Waals surface area contributed by atoms with Crippen LogP contribution in [0.3, 0.4) is 0 Å². The number of nitriles is 1. The molecule has 4 heteroatoms. The molecule has 3 rings (SSSR count). The number of benzene rings is 1. The Bertz CT molecular complexity index is 891. The lowest BCUT2D eigenvalue weighted by Crippen LogP contribution is -2.00. The van der Waals surface area contributed by atoms with Crippen LogP contribution in [0.5, 0.6) is 0 Å². The van der Waals surface area contributed by atoms with E-state index >= 15 is 0 Å². The van der Waals surface area contributed by atoms with E-state index in [1.807, 2.05) is 30.3 Å². The molecule has 0 bridgehead atoms. The molecule has 0 aliphatic carbocycles. The maximum atomic E-state index is 9.48. The number of hydrogen-bond acceptors (Lipinski definition) is 4. The van der Waals surface area contributed by atoms with Crippen molar-refractivity contribution in [3.8, 4) is 28.5 Å². The van der Waals surface area contributed by atoms with Crippen molar-refractivity contribution in [1.29, 1.82) is 5.26 Å². The smallest absolute Gasteiger partial charge is 0.142 e. The zero-order valence-corrected chi connectivity index (χ0v) is 13.7. The molecule has 2 aromatic heterocycles. The molecule has 2 heterocycles. The maximum Gasteiger partial charge on any atom is 0.142 e. The van der Waals surface area contributed by atoms with Gasteiger partial charge in [0.15, 0.2) is 0 Å². The minimum absolute atomic E-state index is 0.238. The van der Waals surface area contributed by atoms with Gasteiger partial charge in [-0.15, -0.1) is 0 Å². The van der Waals surface area contributed by atoms with Crippen LogP contribution in [0, 0.1) is 11.3 Å². The number of pyridine rings is 2. The molecule has 0 unspecified atom stereocenters. The van der Waals surface area contributed by atoms with Crippen LogP contribution < -0.4 is 5.73 Å². The van der Waals surface area contributed by atoms with Crippen LogP contribution >= 0.6 is 0 Å². The topological polar surface area (TPSA) is 75.6 Å². The van der Waals surface area contributed by atoms with Crippen molar-refractivity contribution in [3.63, 3.8) is 0 Å². The molecule has 0 saturated carbocycles. The van der Waals surface area contributed by atoms with Crippen molar-refractivity contribution in [3.05, 3.63) is 66.0 Å². The second-order valence-electron chi connectivity index (χ2n) is 5.95. The molecule has 0 aliphatic rings. The van der Waals surface area contributed by atoms with Gasteiger partial charge in [0.25, 0.3) is 0 Å². The second kappa shape index (κ2) is 6.51. The van der Waals surface area contributed by atoms with Crippen molar-refractivity contribution < 1.29 is 0 Å². The van der Waals surface area contributed by atoms with Crippen molar-refractivity contribution in [1.82, 2.24) is 9.97 Å². The summed E-state index contributed by atoms with van der Waals surface area (Å²) in [6, 6.07) is 16.1. The number of nitrogen functional groups attached to an aromatic ring is 1. The van der Waals surface area contributed by atoms with Gasteiger partial charge < -0.3 is 5.73 Å². The van der Waals surface area contributed by atoms with E-state index in [0.717, 1.165) is 16.7 Å². The van der Waals surface area contributed by atoms with E-state index in [1.165, 1.54) is 5.56 Å². The second-order valence-corrected chi connectivity index (χ2v) is 5.95. The summed E-state index contributed by atoms with van der Waals surface area (Å²) >= 11 is 0. The van der Waals surface area contributed by atoms with Crippen LogP contribution in [0.2, 0.25) is 0 Å². The largest absolute Gasteiger partial charge is 0.383 e. The van der Waals surface area contributed by atoms with Crippen molar-refractivity contribution in [2.24, 2.45) is 0 Å². The van der Waals surface area contributed by atoms with E-state index < -0.39 is 0 Å². The van der Waals surface area contributed by atoms with Gasteiger partial charge >= 0.3 is 0 Å². The van der Waals surface area contributed by atoms with Gasteiger partial charge in [0, 0.05) is 23.5 Å². The highest BCUT2D eigenvalue weighted by Crippen LogP contribution is 2.31. The van der Waals surface area contributed by atoms with Crippen molar-refractivity contribution >= 4 is 5.82 Å². The van der Waals surface area contributed by atoms with Crippen molar-refractivity contribution in [2.45, 2.75) is 19.8 Å². The van der Waals surface area contributed by atoms with Gasteiger partial charge in [-0.25, -0.2) is 4.98 Å². The summed E-state index contributed by atoms with van der Waals surface area (Å²) in [5, 5.41) is 9.48. The standard InChI is InChI=1S/C20H18N4/c1-13(2)14-5-7-15(8-6-14)17-10-19(16-4-3-9-23-12-16)24-20(22)18(17)11-21/h3-10,12-13H,1-2H3,(H2,22,24). The number of nitrogens with zero attached hydrogens (tertiary/aromatic N) is 3. The molecule has 118 valence electrons. The Morgan fingerprint density at radius 2 is 1.83 bits per heavy atom. The number of nitrogens with two attached hydrogens (primary N) is 1. The molecule has 2 N–H and O–H groups in total. The fourth-order valence-electron chi connectivity index (χ4n) is 2.62. The number of rotatable bonds is 3. The predicted octanol–water partition coefficient (Wildman–Crippen LogP) is 4.39. The van der Waals surface area contributed by atoms with Crippen LogP contribution in [0.4, 0.5) is 5.82 Å². The zero-order valence-electron chi connectivity index (χ0n) is 13.7. The Morgan fingerprint density at radius 3 is 2.42 bits per heavy atom. The molecule has 0 radical (unpaired) electrons. The van der Waals surface area contributed by atoms with Crippen molar-refractivity contribution in [2.75, 3.05) is 5.73 Å². The van der Waals surface area contributed by atoms with Gasteiger partial charge in [-0.1, -0.05) is 38.1 Å². The van der Waals surface area contributed by atoms with Gasteiger partial charge in [0.1, 0.15) is 17.5 Å². The number of hydrogen-bond donors (Lipinski definition) is 1. The van der Waals surface area contributed by atoms with Gasteiger partial charge in [-0.2, -0.15) is 5.26 Å². The summed E-state index contributed by atoms with van der Waals surface area (Å²) in [4.78, 5) is 8.48. The van der Waals surface area contributed by atoms with Gasteiger partial charge in [0.2, 0.25) is 0 Å². The predicted molar refractivity (Wildman–Crippen MR) is 96.1 cm³/mol. The average Bonchev–Trinajstić information content (AvgIpc) is 2.62. The van der Waals surface area contributed by atoms with E-state index in [9.17, 15) is 5.26 Å². The molecular weight excluding hydrogens is 296 g/mol. The summed E-state index contributed by atoms with van der Waals surface area (Å²) in [5.74, 6) is 0.699. The first kappa shape index (κ1) is 15.7. The van der Waals surface area contributed by atoms with E-state index in [-0.39, 0.29) is 5.82 Å². The van der Waals surface area contributed by atoms with Gasteiger partial charge in [0.05, 0.1) is 5.69 Å². The molecule has 0 saturated heterocycles. The minimum atomic E-state index is 0.238. The Kier molecular flexibility index (Phi) is 4.26. The van der Waals surface area contributed by atoms with Gasteiger partial charge in [-0.3, -0.25) is 4.98 Å².